The van der Waals surface area contributed by atoms with Gasteiger partial charge in [-0.15, -0.1) is 0 Å². The predicted molar refractivity (Wildman–Crippen MR) is 125 cm³/mol. The third-order valence-corrected chi connectivity index (χ3v) is 5.08. The van der Waals surface area contributed by atoms with Gasteiger partial charge in [-0.2, -0.15) is 15.0 Å². The number of nitrogens with one attached hydrogen (secondary N) is 1. The summed E-state index contributed by atoms with van der Waals surface area (Å²) in [4.78, 5) is 46.9. The van der Waals surface area contributed by atoms with Crippen LogP contribution in [0.3, 0.4) is 0 Å². The largest absolute Gasteiger partial charge is 0.457 e. The molecule has 0 fully saturated rings. The topological polar surface area (TPSA) is 181 Å². The van der Waals surface area contributed by atoms with E-state index < -0.39 is 16.6 Å². The molecule has 3 N–H and O–H groups in total. The minimum absolute atomic E-state index is 0.0149. The standard InChI is InChI=1S/C22H21N7O6/c1-13-5-2-3-6-15(13)24-21-26-18(25-20(23)27-21)12-34-19(30)7-4-10-28-16-9-8-14(29(32)33)11-17(16)35-22(28)31/h2-3,5-6,8-9,11H,4,7,10,12H2,1H3,(H3,23,24,25,26,27). The molecular formula is C22H21N7O6. The van der Waals surface area contributed by atoms with Gasteiger partial charge in [0, 0.05) is 24.7 Å². The number of nitrogens with two attached hydrogens (primary N) is 1. The van der Waals surface area contributed by atoms with E-state index in [1.807, 2.05) is 31.2 Å². The van der Waals surface area contributed by atoms with Crippen LogP contribution in [0.4, 0.5) is 23.3 Å². The molecule has 0 radical (unpaired) electrons. The van der Waals surface area contributed by atoms with Crippen LogP contribution in [0.15, 0.2) is 51.7 Å². The molecule has 13 heteroatoms. The van der Waals surface area contributed by atoms with Crippen molar-refractivity contribution in [3.63, 3.8) is 0 Å². The van der Waals surface area contributed by atoms with Crippen LogP contribution in [-0.2, 0) is 22.7 Å². The van der Waals surface area contributed by atoms with Crippen LogP contribution in [0, 0.1) is 17.0 Å². The maximum Gasteiger partial charge on any atom is 0.419 e. The minimum Gasteiger partial charge on any atom is -0.457 e. The van der Waals surface area contributed by atoms with Crippen LogP contribution in [0.1, 0.15) is 24.2 Å². The third-order valence-electron chi connectivity index (χ3n) is 5.08. The molecular weight excluding hydrogens is 458 g/mol. The number of carbonyl (C=O) groups is 1. The monoisotopic (exact) mass is 479 g/mol. The number of aryl methyl sites for hydroxylation is 2. The Labute approximate surface area is 197 Å². The van der Waals surface area contributed by atoms with Crippen molar-refractivity contribution < 1.29 is 18.9 Å². The Morgan fingerprint density at radius 1 is 1.23 bits per heavy atom. The highest BCUT2D eigenvalue weighted by Crippen LogP contribution is 2.21. The second-order valence-corrected chi connectivity index (χ2v) is 7.57. The van der Waals surface area contributed by atoms with Crippen molar-refractivity contribution in [3.8, 4) is 0 Å². The van der Waals surface area contributed by atoms with E-state index in [1.165, 1.54) is 22.8 Å². The molecule has 0 spiro atoms. The highest BCUT2D eigenvalue weighted by molar-refractivity contribution is 5.75. The summed E-state index contributed by atoms with van der Waals surface area (Å²) in [6, 6.07) is 11.5. The van der Waals surface area contributed by atoms with Crippen LogP contribution in [0.2, 0.25) is 0 Å². The fourth-order valence-electron chi connectivity index (χ4n) is 3.37. The third kappa shape index (κ3) is 5.58. The lowest BCUT2D eigenvalue weighted by Gasteiger charge is -2.10. The van der Waals surface area contributed by atoms with Gasteiger partial charge in [0.2, 0.25) is 11.9 Å². The lowest BCUT2D eigenvalue weighted by Crippen LogP contribution is -2.16. The van der Waals surface area contributed by atoms with Gasteiger partial charge < -0.3 is 20.2 Å². The second-order valence-electron chi connectivity index (χ2n) is 7.57. The minimum atomic E-state index is -0.664. The van der Waals surface area contributed by atoms with E-state index in [-0.39, 0.29) is 55.0 Å². The number of anilines is 3. The molecule has 0 saturated carbocycles. The number of fused-ring (bicyclic) bond motifs is 1. The maximum atomic E-state index is 12.2. The Kier molecular flexibility index (Phi) is 6.66. The highest BCUT2D eigenvalue weighted by Gasteiger charge is 2.15. The van der Waals surface area contributed by atoms with Crippen LogP contribution < -0.4 is 16.8 Å². The number of nitrogen functional groups attached to an aromatic ring is 1. The van der Waals surface area contributed by atoms with Gasteiger partial charge in [-0.3, -0.25) is 19.5 Å². The van der Waals surface area contributed by atoms with Crippen LogP contribution in [-0.4, -0.2) is 30.4 Å². The number of hydrogen-bond donors (Lipinski definition) is 2. The van der Waals surface area contributed by atoms with Gasteiger partial charge in [0.15, 0.2) is 18.0 Å². The molecule has 0 saturated heterocycles. The number of nitro benzene ring substituents is 1. The van der Waals surface area contributed by atoms with Gasteiger partial charge in [-0.25, -0.2) is 4.79 Å². The molecule has 4 aromatic rings. The van der Waals surface area contributed by atoms with E-state index in [0.29, 0.717) is 5.52 Å². The number of benzene rings is 2. The van der Waals surface area contributed by atoms with Gasteiger partial charge in [-0.1, -0.05) is 18.2 Å². The van der Waals surface area contributed by atoms with Crippen LogP contribution in [0.25, 0.3) is 11.1 Å². The Balaban J connectivity index is 1.33. The number of rotatable bonds is 9. The summed E-state index contributed by atoms with van der Waals surface area (Å²) in [6.45, 7) is 1.90. The van der Waals surface area contributed by atoms with Crippen molar-refractivity contribution in [2.75, 3.05) is 11.1 Å². The van der Waals surface area contributed by atoms with Crippen molar-refractivity contribution in [1.29, 1.82) is 0 Å². The highest BCUT2D eigenvalue weighted by atomic mass is 16.6. The lowest BCUT2D eigenvalue weighted by atomic mass is 10.2. The van der Waals surface area contributed by atoms with E-state index in [1.54, 1.807) is 0 Å². The number of non-ortho nitro benzene ring substituents is 1. The van der Waals surface area contributed by atoms with Crippen molar-refractivity contribution >= 4 is 40.3 Å². The second kappa shape index (κ2) is 9.99. The predicted octanol–water partition coefficient (Wildman–Crippen LogP) is 2.85. The summed E-state index contributed by atoms with van der Waals surface area (Å²) >= 11 is 0. The van der Waals surface area contributed by atoms with Crippen LogP contribution in [0.5, 0.6) is 0 Å². The molecule has 0 amide bonds. The number of oxazole rings is 1. The van der Waals surface area contributed by atoms with Crippen LogP contribution >= 0.6 is 0 Å². The number of nitro groups is 1. The fraction of sp³-hybridized carbons (Fsp3) is 0.227. The number of esters is 1. The molecule has 0 aliphatic heterocycles. The van der Waals surface area contributed by atoms with E-state index in [9.17, 15) is 19.7 Å². The summed E-state index contributed by atoms with van der Waals surface area (Å²) in [5.74, 6) is -0.796. The Bertz CT molecular complexity index is 1460. The Hall–Kier alpha value is -4.81. The fourth-order valence-corrected chi connectivity index (χ4v) is 3.37. The number of carbonyl (C=O) groups excluding carboxylic acids is 1. The summed E-state index contributed by atoms with van der Waals surface area (Å²) in [6.07, 6.45) is 0.296. The molecule has 0 unspecified atom stereocenters. The van der Waals surface area contributed by atoms with Gasteiger partial charge in [-0.05, 0) is 31.0 Å². The number of para-hydroxylation sites is 1. The van der Waals surface area contributed by atoms with Crippen molar-refractivity contribution in [2.24, 2.45) is 0 Å². The number of nitrogens with zero attached hydrogens (tertiary/aromatic N) is 5. The average Bonchev–Trinajstić information content (AvgIpc) is 3.13. The van der Waals surface area contributed by atoms with E-state index >= 15 is 0 Å². The van der Waals surface area contributed by atoms with Gasteiger partial charge in [0.25, 0.3) is 5.69 Å². The summed E-state index contributed by atoms with van der Waals surface area (Å²) in [5, 5.41) is 13.9. The van der Waals surface area contributed by atoms with Gasteiger partial charge in [0.05, 0.1) is 16.5 Å². The Morgan fingerprint density at radius 3 is 2.80 bits per heavy atom. The van der Waals surface area contributed by atoms with Gasteiger partial charge in [0.1, 0.15) is 0 Å². The van der Waals surface area contributed by atoms with E-state index in [4.69, 9.17) is 14.9 Å². The molecule has 180 valence electrons. The molecule has 4 rings (SSSR count). The molecule has 13 nitrogen and oxygen atoms in total. The molecule has 0 atom stereocenters. The molecule has 2 aromatic heterocycles. The number of hydrogen-bond acceptors (Lipinski definition) is 11. The first-order valence-corrected chi connectivity index (χ1v) is 10.6. The van der Waals surface area contributed by atoms with Crippen molar-refractivity contribution in [1.82, 2.24) is 19.5 Å². The zero-order valence-electron chi connectivity index (χ0n) is 18.6. The maximum absolute atomic E-state index is 12.2. The molecule has 2 aromatic carbocycles. The average molecular weight is 479 g/mol. The normalized spacial score (nSPS) is 10.9. The summed E-state index contributed by atoms with van der Waals surface area (Å²) in [5.41, 5.74) is 7.88. The number of ether oxygens (including phenoxy) is 1. The number of aromatic nitrogens is 4. The first-order valence-electron chi connectivity index (χ1n) is 10.6. The van der Waals surface area contributed by atoms with Crippen molar-refractivity contribution in [3.05, 3.63) is 74.5 Å². The lowest BCUT2D eigenvalue weighted by molar-refractivity contribution is -0.384. The zero-order valence-corrected chi connectivity index (χ0v) is 18.6. The Morgan fingerprint density at radius 2 is 2.03 bits per heavy atom. The molecule has 0 aliphatic carbocycles. The van der Waals surface area contributed by atoms with E-state index in [0.717, 1.165) is 11.3 Å². The smallest absolute Gasteiger partial charge is 0.419 e. The van der Waals surface area contributed by atoms with Gasteiger partial charge >= 0.3 is 11.7 Å². The SMILES string of the molecule is Cc1ccccc1Nc1nc(N)nc(COC(=O)CCCn2c(=O)oc3cc([N+](=O)[O-])ccc32)n1. The molecule has 35 heavy (non-hydrogen) atoms. The summed E-state index contributed by atoms with van der Waals surface area (Å²) in [7, 11) is 0. The molecule has 0 aliphatic rings. The van der Waals surface area contributed by atoms with E-state index in [2.05, 4.69) is 20.3 Å². The first-order chi connectivity index (χ1) is 16.8. The molecule has 0 bridgehead atoms. The zero-order chi connectivity index (χ0) is 24.9. The first kappa shape index (κ1) is 23.4. The summed E-state index contributed by atoms with van der Waals surface area (Å²) < 4.78 is 11.6. The quantitative estimate of drug-likeness (QED) is 0.204. The van der Waals surface area contributed by atoms with Crippen molar-refractivity contribution in [2.45, 2.75) is 32.9 Å². The molecule has 2 heterocycles.